The first kappa shape index (κ1) is 20.2. The van der Waals surface area contributed by atoms with Crippen molar-refractivity contribution in [2.75, 3.05) is 12.5 Å². The van der Waals surface area contributed by atoms with Crippen LogP contribution < -0.4 is 0 Å². The molecule has 20 heavy (non-hydrogen) atoms. The number of aliphatic hydroxyl groups excluding tert-OH is 1. The Labute approximate surface area is 130 Å². The van der Waals surface area contributed by atoms with Crippen LogP contribution in [0.4, 0.5) is 0 Å². The van der Waals surface area contributed by atoms with E-state index >= 15 is 0 Å². The molecule has 0 radical (unpaired) electrons. The summed E-state index contributed by atoms with van der Waals surface area (Å²) in [7, 11) is 0. The third kappa shape index (κ3) is 12.0. The van der Waals surface area contributed by atoms with E-state index < -0.39 is 5.60 Å². The molecule has 0 spiro atoms. The van der Waals surface area contributed by atoms with Gasteiger partial charge in [0.15, 0.2) is 0 Å². The molecule has 0 amide bonds. The Morgan fingerprint density at radius 3 is 1.50 bits per heavy atom. The molecule has 0 aromatic rings. The van der Waals surface area contributed by atoms with Crippen LogP contribution in [-0.4, -0.2) is 28.3 Å². The van der Waals surface area contributed by atoms with Gasteiger partial charge >= 0.3 is 0 Å². The lowest BCUT2D eigenvalue weighted by Gasteiger charge is -2.22. The van der Waals surface area contributed by atoms with Gasteiger partial charge < -0.3 is 10.2 Å². The molecule has 0 aromatic heterocycles. The molecule has 2 nitrogen and oxygen atoms in total. The molecule has 0 bridgehead atoms. The zero-order valence-corrected chi connectivity index (χ0v) is 14.1. The monoisotopic (exact) mass is 306 g/mol. The predicted molar refractivity (Wildman–Crippen MR) is 88.5 cm³/mol. The lowest BCUT2D eigenvalue weighted by atomic mass is 9.98. The molecule has 0 saturated carbocycles. The highest BCUT2D eigenvalue weighted by Crippen LogP contribution is 2.18. The molecular weight excluding hydrogens is 272 g/mol. The Morgan fingerprint density at radius 1 is 0.750 bits per heavy atom. The fourth-order valence-corrected chi connectivity index (χ4v) is 2.70. The lowest BCUT2D eigenvalue weighted by molar-refractivity contribution is -0.00388. The van der Waals surface area contributed by atoms with Crippen molar-refractivity contribution >= 4 is 11.6 Å². The Balaban J connectivity index is 3.17. The molecule has 0 heterocycles. The average molecular weight is 307 g/mol. The SMILES string of the molecule is CCCCCCCCCCCCCC[C@@](O)(CO)CCl. The first-order chi connectivity index (χ1) is 9.68. The summed E-state index contributed by atoms with van der Waals surface area (Å²) in [5.41, 5.74) is -1.06. The molecule has 1 atom stereocenters. The fraction of sp³-hybridized carbons (Fsp3) is 1.00. The molecule has 0 aromatic carbocycles. The second-order valence-electron chi connectivity index (χ2n) is 6.16. The Morgan fingerprint density at radius 2 is 1.15 bits per heavy atom. The summed E-state index contributed by atoms with van der Waals surface area (Å²) in [6.45, 7) is 2.03. The molecule has 0 aliphatic carbocycles. The van der Waals surface area contributed by atoms with Crippen LogP contribution in [0.3, 0.4) is 0 Å². The molecule has 0 saturated heterocycles. The molecule has 0 unspecified atom stereocenters. The van der Waals surface area contributed by atoms with Gasteiger partial charge in [-0.3, -0.25) is 0 Å². The van der Waals surface area contributed by atoms with Crippen molar-refractivity contribution < 1.29 is 10.2 Å². The van der Waals surface area contributed by atoms with Crippen molar-refractivity contribution in [3.63, 3.8) is 0 Å². The van der Waals surface area contributed by atoms with Crippen LogP contribution in [0.15, 0.2) is 0 Å². The Hall–Kier alpha value is 0.210. The van der Waals surface area contributed by atoms with E-state index in [1.165, 1.54) is 64.2 Å². The van der Waals surface area contributed by atoms with Gasteiger partial charge in [-0.05, 0) is 6.42 Å². The zero-order chi connectivity index (χ0) is 15.1. The molecule has 0 aliphatic rings. The van der Waals surface area contributed by atoms with Crippen molar-refractivity contribution in [3.05, 3.63) is 0 Å². The third-order valence-corrected chi connectivity index (χ3v) is 4.54. The number of aliphatic hydroxyl groups is 2. The number of unbranched alkanes of at least 4 members (excludes halogenated alkanes) is 11. The van der Waals surface area contributed by atoms with E-state index in [2.05, 4.69) is 6.92 Å². The number of hydrogen-bond acceptors (Lipinski definition) is 2. The number of alkyl halides is 1. The molecule has 122 valence electrons. The maximum Gasteiger partial charge on any atom is 0.101 e. The van der Waals surface area contributed by atoms with Gasteiger partial charge in [-0.1, -0.05) is 84.0 Å². The van der Waals surface area contributed by atoms with Crippen molar-refractivity contribution in [3.8, 4) is 0 Å². The lowest BCUT2D eigenvalue weighted by Crippen LogP contribution is -2.35. The summed E-state index contributed by atoms with van der Waals surface area (Å²) in [5, 5.41) is 18.8. The van der Waals surface area contributed by atoms with Gasteiger partial charge in [0.25, 0.3) is 0 Å². The minimum absolute atomic E-state index is 0.127. The van der Waals surface area contributed by atoms with Crippen LogP contribution in [0.25, 0.3) is 0 Å². The van der Waals surface area contributed by atoms with Crippen LogP contribution in [0.2, 0.25) is 0 Å². The van der Waals surface area contributed by atoms with Gasteiger partial charge in [-0.15, -0.1) is 11.6 Å². The van der Waals surface area contributed by atoms with E-state index in [0.29, 0.717) is 6.42 Å². The Kier molecular flexibility index (Phi) is 14.3. The molecule has 0 fully saturated rings. The zero-order valence-electron chi connectivity index (χ0n) is 13.4. The highest BCUT2D eigenvalue weighted by molar-refractivity contribution is 6.18. The summed E-state index contributed by atoms with van der Waals surface area (Å²) in [4.78, 5) is 0. The Bertz CT molecular complexity index is 193. The first-order valence-corrected chi connectivity index (χ1v) is 9.11. The van der Waals surface area contributed by atoms with Crippen LogP contribution in [0, 0.1) is 0 Å². The highest BCUT2D eigenvalue weighted by Gasteiger charge is 2.23. The van der Waals surface area contributed by atoms with E-state index in [0.717, 1.165) is 12.8 Å². The topological polar surface area (TPSA) is 40.5 Å². The van der Waals surface area contributed by atoms with Crippen LogP contribution >= 0.6 is 11.6 Å². The third-order valence-electron chi connectivity index (χ3n) is 4.04. The minimum Gasteiger partial charge on any atom is -0.393 e. The standard InChI is InChI=1S/C17H35ClO2/c1-2-3-4-5-6-7-8-9-10-11-12-13-14-17(20,15-18)16-19/h19-20H,2-16H2,1H3/t17-/m0/s1. The fourth-order valence-electron chi connectivity index (χ4n) is 2.48. The van der Waals surface area contributed by atoms with E-state index in [9.17, 15) is 5.11 Å². The van der Waals surface area contributed by atoms with Gasteiger partial charge in [0, 0.05) is 0 Å². The van der Waals surface area contributed by atoms with Gasteiger partial charge in [0.05, 0.1) is 12.5 Å². The van der Waals surface area contributed by atoms with Crippen molar-refractivity contribution in [1.82, 2.24) is 0 Å². The van der Waals surface area contributed by atoms with Gasteiger partial charge in [-0.25, -0.2) is 0 Å². The normalized spacial score (nSPS) is 14.4. The van der Waals surface area contributed by atoms with E-state index in [-0.39, 0.29) is 12.5 Å². The predicted octanol–water partition coefficient (Wildman–Crippen LogP) is 5.04. The summed E-state index contributed by atoms with van der Waals surface area (Å²) in [6.07, 6.45) is 16.3. The maximum atomic E-state index is 9.81. The largest absolute Gasteiger partial charge is 0.393 e. The first-order valence-electron chi connectivity index (χ1n) is 8.57. The van der Waals surface area contributed by atoms with E-state index in [4.69, 9.17) is 16.7 Å². The van der Waals surface area contributed by atoms with Gasteiger partial charge in [0.1, 0.15) is 5.60 Å². The molecule has 0 rings (SSSR count). The van der Waals surface area contributed by atoms with Crippen LogP contribution in [-0.2, 0) is 0 Å². The molecule has 2 N–H and O–H groups in total. The summed E-state index contributed by atoms with van der Waals surface area (Å²) in [5.74, 6) is 0.127. The van der Waals surface area contributed by atoms with Gasteiger partial charge in [-0.2, -0.15) is 0 Å². The highest BCUT2D eigenvalue weighted by atomic mass is 35.5. The van der Waals surface area contributed by atoms with Crippen LogP contribution in [0.1, 0.15) is 90.4 Å². The van der Waals surface area contributed by atoms with E-state index in [1.807, 2.05) is 0 Å². The maximum absolute atomic E-state index is 9.81. The van der Waals surface area contributed by atoms with Crippen molar-refractivity contribution in [1.29, 1.82) is 0 Å². The molecule has 0 aliphatic heterocycles. The molecular formula is C17H35ClO2. The van der Waals surface area contributed by atoms with Crippen molar-refractivity contribution in [2.24, 2.45) is 0 Å². The minimum atomic E-state index is -1.06. The number of rotatable bonds is 15. The summed E-state index contributed by atoms with van der Waals surface area (Å²) in [6, 6.07) is 0. The van der Waals surface area contributed by atoms with Crippen LogP contribution in [0.5, 0.6) is 0 Å². The second kappa shape index (κ2) is 14.2. The average Bonchev–Trinajstić information content (AvgIpc) is 2.48. The quantitative estimate of drug-likeness (QED) is 0.329. The second-order valence-corrected chi connectivity index (χ2v) is 6.42. The smallest absolute Gasteiger partial charge is 0.101 e. The number of halogens is 1. The summed E-state index contributed by atoms with van der Waals surface area (Å²) >= 11 is 5.64. The summed E-state index contributed by atoms with van der Waals surface area (Å²) < 4.78 is 0. The number of hydrogen-bond donors (Lipinski definition) is 2. The van der Waals surface area contributed by atoms with E-state index in [1.54, 1.807) is 0 Å². The van der Waals surface area contributed by atoms with Gasteiger partial charge in [0.2, 0.25) is 0 Å². The van der Waals surface area contributed by atoms with Crippen molar-refractivity contribution in [2.45, 2.75) is 96.0 Å². The molecule has 3 heteroatoms.